The molecule has 0 N–H and O–H groups in total. The molecule has 0 atom stereocenters. The highest BCUT2D eigenvalue weighted by Gasteiger charge is 2.27. The maximum absolute atomic E-state index is 7.15. The number of furan rings is 1. The minimum absolute atomic E-state index is 0.00615. The Morgan fingerprint density at radius 2 is 1.17 bits per heavy atom. The standard InChI is InChI=1S/C42H41Cl2NO/c1-40(2,3)26-13-10-24(11-14-26)25-12-18-34(33(44)20-25)45-35-19-17-29-31-21-27(41(4,5)6)22-32(42(7,8)9)38(31)46-39(29)37(35)30-16-15-28(43)23-36(30)45/h10-23H,1-9H3. The topological polar surface area (TPSA) is 18.1 Å². The summed E-state index contributed by atoms with van der Waals surface area (Å²) in [5.74, 6) is 0. The van der Waals surface area contributed by atoms with E-state index in [-0.39, 0.29) is 16.2 Å². The fourth-order valence-corrected chi connectivity index (χ4v) is 7.12. The van der Waals surface area contributed by atoms with Crippen molar-refractivity contribution in [1.82, 2.24) is 4.57 Å². The van der Waals surface area contributed by atoms with Crippen LogP contribution in [0.25, 0.3) is 60.6 Å². The third-order valence-corrected chi connectivity index (χ3v) is 9.91. The molecule has 2 heterocycles. The Bertz CT molecular complexity index is 2310. The molecule has 2 nitrogen and oxygen atoms in total. The lowest BCUT2D eigenvalue weighted by Crippen LogP contribution is -2.16. The Balaban J connectivity index is 1.49. The van der Waals surface area contributed by atoms with Gasteiger partial charge >= 0.3 is 0 Å². The van der Waals surface area contributed by atoms with Crippen molar-refractivity contribution < 1.29 is 4.42 Å². The lowest BCUT2D eigenvalue weighted by Gasteiger charge is -2.25. The van der Waals surface area contributed by atoms with Crippen LogP contribution < -0.4 is 0 Å². The zero-order valence-electron chi connectivity index (χ0n) is 28.2. The predicted octanol–water partition coefficient (Wildman–Crippen LogP) is 13.5. The van der Waals surface area contributed by atoms with Crippen LogP contribution in [-0.2, 0) is 16.2 Å². The summed E-state index contributed by atoms with van der Waals surface area (Å²) >= 11 is 13.8. The number of fused-ring (bicyclic) bond motifs is 7. The molecular formula is C42H41Cl2NO. The average Bonchev–Trinajstić information content (AvgIpc) is 3.50. The second kappa shape index (κ2) is 10.4. The molecule has 5 aromatic carbocycles. The number of rotatable bonds is 2. The predicted molar refractivity (Wildman–Crippen MR) is 200 cm³/mol. The summed E-state index contributed by atoms with van der Waals surface area (Å²) in [5, 5.41) is 5.77. The van der Waals surface area contributed by atoms with Gasteiger partial charge < -0.3 is 8.98 Å². The highest BCUT2D eigenvalue weighted by atomic mass is 35.5. The van der Waals surface area contributed by atoms with Gasteiger partial charge in [0.1, 0.15) is 11.2 Å². The van der Waals surface area contributed by atoms with Crippen molar-refractivity contribution in [3.8, 4) is 16.8 Å². The molecule has 0 saturated heterocycles. The van der Waals surface area contributed by atoms with Gasteiger partial charge in [-0.25, -0.2) is 0 Å². The van der Waals surface area contributed by atoms with Gasteiger partial charge in [0.05, 0.1) is 27.1 Å². The van der Waals surface area contributed by atoms with Crippen LogP contribution in [0, 0.1) is 0 Å². The van der Waals surface area contributed by atoms with Gasteiger partial charge in [-0.1, -0.05) is 128 Å². The van der Waals surface area contributed by atoms with E-state index in [1.807, 2.05) is 12.1 Å². The van der Waals surface area contributed by atoms with Crippen LogP contribution in [0.1, 0.15) is 79.0 Å². The summed E-state index contributed by atoms with van der Waals surface area (Å²) in [6.45, 7) is 20.3. The molecule has 0 aliphatic heterocycles. The molecule has 0 radical (unpaired) electrons. The minimum atomic E-state index is -0.0869. The fraction of sp³-hybridized carbons (Fsp3) is 0.286. The molecule has 0 aliphatic carbocycles. The van der Waals surface area contributed by atoms with Crippen LogP contribution in [0.4, 0.5) is 0 Å². The molecule has 7 aromatic rings. The molecule has 7 rings (SSSR count). The number of hydrogen-bond acceptors (Lipinski definition) is 1. The van der Waals surface area contributed by atoms with Gasteiger partial charge in [0.25, 0.3) is 0 Å². The van der Waals surface area contributed by atoms with E-state index in [0.717, 1.165) is 60.6 Å². The van der Waals surface area contributed by atoms with Crippen molar-refractivity contribution in [3.05, 3.63) is 112 Å². The van der Waals surface area contributed by atoms with Gasteiger partial charge in [-0.05, 0) is 81.0 Å². The van der Waals surface area contributed by atoms with Crippen LogP contribution >= 0.6 is 23.2 Å². The number of hydrogen-bond donors (Lipinski definition) is 0. The first-order valence-electron chi connectivity index (χ1n) is 16.1. The molecule has 0 saturated carbocycles. The van der Waals surface area contributed by atoms with Gasteiger partial charge in [0, 0.05) is 26.7 Å². The average molecular weight is 647 g/mol. The summed E-state index contributed by atoms with van der Waals surface area (Å²) in [5.41, 5.74) is 10.8. The van der Waals surface area contributed by atoms with E-state index < -0.39 is 0 Å². The molecular weight excluding hydrogens is 605 g/mol. The van der Waals surface area contributed by atoms with Gasteiger partial charge in [-0.3, -0.25) is 0 Å². The monoisotopic (exact) mass is 645 g/mol. The smallest absolute Gasteiger partial charge is 0.145 e. The molecule has 0 spiro atoms. The Morgan fingerprint density at radius 3 is 1.80 bits per heavy atom. The Labute approximate surface area is 281 Å². The molecule has 0 fully saturated rings. The summed E-state index contributed by atoms with van der Waals surface area (Å²) in [6.07, 6.45) is 0. The van der Waals surface area contributed by atoms with Crippen LogP contribution in [-0.4, -0.2) is 4.57 Å². The van der Waals surface area contributed by atoms with Crippen molar-refractivity contribution in [2.45, 2.75) is 78.6 Å². The van der Waals surface area contributed by atoms with E-state index in [9.17, 15) is 0 Å². The van der Waals surface area contributed by atoms with Gasteiger partial charge in [-0.2, -0.15) is 0 Å². The quantitative estimate of drug-likeness (QED) is 0.183. The van der Waals surface area contributed by atoms with Crippen molar-refractivity contribution >= 4 is 66.9 Å². The van der Waals surface area contributed by atoms with Crippen molar-refractivity contribution in [3.63, 3.8) is 0 Å². The summed E-state index contributed by atoms with van der Waals surface area (Å²) in [4.78, 5) is 0. The number of halogens is 2. The normalized spacial score (nSPS) is 13.1. The highest BCUT2D eigenvalue weighted by molar-refractivity contribution is 6.34. The van der Waals surface area contributed by atoms with E-state index in [2.05, 4.69) is 140 Å². The molecule has 2 aromatic heterocycles. The van der Waals surface area contributed by atoms with Crippen molar-refractivity contribution in [1.29, 1.82) is 0 Å². The molecule has 0 aliphatic rings. The van der Waals surface area contributed by atoms with Crippen molar-refractivity contribution in [2.75, 3.05) is 0 Å². The third-order valence-electron chi connectivity index (χ3n) is 9.38. The molecule has 4 heteroatoms. The van der Waals surface area contributed by atoms with E-state index in [1.54, 1.807) is 0 Å². The largest absolute Gasteiger partial charge is 0.455 e. The van der Waals surface area contributed by atoms with Crippen LogP contribution in [0.2, 0.25) is 10.0 Å². The summed E-state index contributed by atoms with van der Waals surface area (Å²) < 4.78 is 9.17. The summed E-state index contributed by atoms with van der Waals surface area (Å²) in [6, 6.07) is 30.3. The van der Waals surface area contributed by atoms with E-state index in [4.69, 9.17) is 27.6 Å². The number of aromatic nitrogens is 1. The van der Waals surface area contributed by atoms with Crippen molar-refractivity contribution in [2.24, 2.45) is 0 Å². The van der Waals surface area contributed by atoms with E-state index >= 15 is 0 Å². The minimum Gasteiger partial charge on any atom is -0.455 e. The van der Waals surface area contributed by atoms with Gasteiger partial charge in [0.2, 0.25) is 0 Å². The first-order valence-corrected chi connectivity index (χ1v) is 16.8. The van der Waals surface area contributed by atoms with E-state index in [0.29, 0.717) is 10.0 Å². The van der Waals surface area contributed by atoms with Gasteiger partial charge in [-0.15, -0.1) is 0 Å². The maximum Gasteiger partial charge on any atom is 0.145 e. The zero-order chi connectivity index (χ0) is 32.9. The molecule has 0 amide bonds. The summed E-state index contributed by atoms with van der Waals surface area (Å²) in [7, 11) is 0. The maximum atomic E-state index is 7.15. The van der Waals surface area contributed by atoms with E-state index in [1.165, 1.54) is 16.7 Å². The lowest BCUT2D eigenvalue weighted by molar-refractivity contribution is 0.559. The number of benzene rings is 5. The second-order valence-electron chi connectivity index (χ2n) is 15.8. The Morgan fingerprint density at radius 1 is 0.522 bits per heavy atom. The second-order valence-corrected chi connectivity index (χ2v) is 16.7. The number of nitrogens with zero attached hydrogens (tertiary/aromatic N) is 1. The van der Waals surface area contributed by atoms with Gasteiger partial charge in [0.15, 0.2) is 0 Å². The zero-order valence-corrected chi connectivity index (χ0v) is 29.7. The Kier molecular flexibility index (Phi) is 6.98. The lowest BCUT2D eigenvalue weighted by atomic mass is 9.79. The molecule has 46 heavy (non-hydrogen) atoms. The van der Waals surface area contributed by atoms with Crippen LogP contribution in [0.3, 0.4) is 0 Å². The Hall–Kier alpha value is -3.72. The molecule has 234 valence electrons. The molecule has 0 unspecified atom stereocenters. The first kappa shape index (κ1) is 30.9. The molecule has 0 bridgehead atoms. The van der Waals surface area contributed by atoms with Crippen LogP contribution in [0.5, 0.6) is 0 Å². The van der Waals surface area contributed by atoms with Crippen LogP contribution in [0.15, 0.2) is 89.3 Å². The fourth-order valence-electron chi connectivity index (χ4n) is 6.69. The SMILES string of the molecule is CC(C)(C)c1ccc(-c2ccc(-n3c4cc(Cl)ccc4c4c5oc6c(C(C)(C)C)cc(C(C)(C)C)cc6c5ccc43)c(Cl)c2)cc1. The first-order chi connectivity index (χ1) is 21.5. The third kappa shape index (κ3) is 5.02. The highest BCUT2D eigenvalue weighted by Crippen LogP contribution is 2.45.